The average Bonchev–Trinajstić information content (AvgIpc) is 3.33. The molecule has 1 N–H and O–H groups in total. The summed E-state index contributed by atoms with van der Waals surface area (Å²) < 4.78 is 0. The highest BCUT2D eigenvalue weighted by atomic mass is 15.3. The number of nitrogens with one attached hydrogen (secondary N) is 1. The van der Waals surface area contributed by atoms with Gasteiger partial charge >= 0.3 is 0 Å². The number of anilines is 3. The van der Waals surface area contributed by atoms with Crippen molar-refractivity contribution in [1.29, 1.82) is 5.26 Å². The number of benzene rings is 1. The topological polar surface area (TPSA) is 81.0 Å². The molecule has 3 aromatic rings. The molecule has 2 aromatic heterocycles. The molecule has 0 spiro atoms. The molecule has 1 aromatic carbocycles. The van der Waals surface area contributed by atoms with Gasteiger partial charge in [0.1, 0.15) is 6.07 Å². The zero-order valence-electron chi connectivity index (χ0n) is 17.1. The van der Waals surface area contributed by atoms with Crippen molar-refractivity contribution in [3.05, 3.63) is 60.0 Å². The van der Waals surface area contributed by atoms with Gasteiger partial charge in [-0.3, -0.25) is 9.88 Å². The second-order valence-electron chi connectivity index (χ2n) is 8.10. The van der Waals surface area contributed by atoms with Crippen molar-refractivity contribution in [2.45, 2.75) is 25.4 Å². The fourth-order valence-corrected chi connectivity index (χ4v) is 4.57. The van der Waals surface area contributed by atoms with E-state index in [1.54, 1.807) is 24.7 Å². The molecule has 0 aliphatic carbocycles. The largest absolute Gasteiger partial charge is 0.365 e. The number of likely N-dealkylation sites (N-methyl/N-ethyl adjacent to an activating group) is 1. The Kier molecular flexibility index (Phi) is 4.57. The van der Waals surface area contributed by atoms with Crippen molar-refractivity contribution >= 4 is 17.3 Å². The van der Waals surface area contributed by atoms with Gasteiger partial charge in [0.05, 0.1) is 11.3 Å². The first-order valence-electron chi connectivity index (χ1n) is 10.1. The van der Waals surface area contributed by atoms with Gasteiger partial charge in [0.2, 0.25) is 5.95 Å². The number of hydrogen-bond acceptors (Lipinski definition) is 7. The highest BCUT2D eigenvalue weighted by Gasteiger charge is 2.41. The van der Waals surface area contributed by atoms with Crippen LogP contribution >= 0.6 is 0 Å². The molecule has 0 unspecified atom stereocenters. The van der Waals surface area contributed by atoms with Crippen LogP contribution in [0.4, 0.5) is 17.3 Å². The molecule has 7 nitrogen and oxygen atoms in total. The maximum Gasteiger partial charge on any atom is 0.227 e. The summed E-state index contributed by atoms with van der Waals surface area (Å²) in [6.07, 6.45) is 6.21. The number of nitrogens with zero attached hydrogens (tertiary/aromatic N) is 6. The minimum atomic E-state index is 0.508. The summed E-state index contributed by atoms with van der Waals surface area (Å²) in [5, 5.41) is 12.4. The summed E-state index contributed by atoms with van der Waals surface area (Å²) >= 11 is 0. The van der Waals surface area contributed by atoms with Crippen LogP contribution in [0.25, 0.3) is 11.3 Å². The van der Waals surface area contributed by atoms with Gasteiger partial charge in [-0.1, -0.05) is 0 Å². The molecule has 2 bridgehead atoms. The minimum Gasteiger partial charge on any atom is -0.365 e. The Morgan fingerprint density at radius 3 is 2.77 bits per heavy atom. The number of aryl methyl sites for hydroxylation is 1. The van der Waals surface area contributed by atoms with Crippen LogP contribution in [0.3, 0.4) is 0 Å². The van der Waals surface area contributed by atoms with E-state index in [9.17, 15) is 0 Å². The number of aromatic nitrogens is 3. The van der Waals surface area contributed by atoms with Gasteiger partial charge in [-0.15, -0.1) is 0 Å². The lowest BCUT2D eigenvalue weighted by Gasteiger charge is -2.34. The Morgan fingerprint density at radius 1 is 1.13 bits per heavy atom. The van der Waals surface area contributed by atoms with E-state index in [0.717, 1.165) is 30.0 Å². The van der Waals surface area contributed by atoms with E-state index in [1.165, 1.54) is 17.7 Å². The molecule has 0 saturated carbocycles. The number of nitriles is 1. The summed E-state index contributed by atoms with van der Waals surface area (Å²) in [7, 11) is 2.22. The first kappa shape index (κ1) is 18.5. The van der Waals surface area contributed by atoms with Gasteiger partial charge in [0, 0.05) is 60.7 Å². The van der Waals surface area contributed by atoms with E-state index in [4.69, 9.17) is 5.26 Å². The summed E-state index contributed by atoms with van der Waals surface area (Å²) in [6, 6.07) is 13.4. The molecule has 2 fully saturated rings. The first-order valence-corrected chi connectivity index (χ1v) is 10.1. The van der Waals surface area contributed by atoms with Crippen LogP contribution in [0.5, 0.6) is 0 Å². The van der Waals surface area contributed by atoms with E-state index in [0.29, 0.717) is 23.6 Å². The Bertz CT molecular complexity index is 1130. The second kappa shape index (κ2) is 7.39. The van der Waals surface area contributed by atoms with E-state index in [1.807, 2.05) is 6.07 Å². The van der Waals surface area contributed by atoms with Gasteiger partial charge in [-0.2, -0.15) is 5.26 Å². The molecule has 7 heteroatoms. The highest BCUT2D eigenvalue weighted by Crippen LogP contribution is 2.36. The van der Waals surface area contributed by atoms with Gasteiger partial charge in [-0.25, -0.2) is 9.97 Å². The quantitative estimate of drug-likeness (QED) is 0.723. The normalized spacial score (nSPS) is 20.4. The molecule has 2 aliphatic rings. The molecule has 0 radical (unpaired) electrons. The number of hydrogen-bond donors (Lipinski definition) is 1. The predicted molar refractivity (Wildman–Crippen MR) is 117 cm³/mol. The summed E-state index contributed by atoms with van der Waals surface area (Å²) in [5.41, 5.74) is 5.54. The zero-order chi connectivity index (χ0) is 20.7. The Morgan fingerprint density at radius 2 is 2.03 bits per heavy atom. The van der Waals surface area contributed by atoms with Crippen LogP contribution < -0.4 is 10.2 Å². The molecule has 2 saturated heterocycles. The van der Waals surface area contributed by atoms with Gasteiger partial charge in [0.15, 0.2) is 0 Å². The average molecular weight is 397 g/mol. The third kappa shape index (κ3) is 3.36. The van der Waals surface area contributed by atoms with Crippen LogP contribution in [0.15, 0.2) is 48.9 Å². The Hall–Kier alpha value is -3.50. The molecule has 30 heavy (non-hydrogen) atoms. The third-order valence-electron chi connectivity index (χ3n) is 6.10. The van der Waals surface area contributed by atoms with Crippen molar-refractivity contribution in [2.24, 2.45) is 0 Å². The van der Waals surface area contributed by atoms with Crippen LogP contribution in [0.1, 0.15) is 17.5 Å². The Labute approximate surface area is 176 Å². The van der Waals surface area contributed by atoms with Crippen LogP contribution in [0.2, 0.25) is 0 Å². The maximum absolute atomic E-state index is 9.09. The standard InChI is InChI=1S/C23H23N7/c1-15-7-18(3-4-22(15)30-14-19-9-20(30)13-29(19)2)27-23-26-6-5-21(28-23)17-8-16(10-24)11-25-12-17/h3-8,11-12,19-20H,9,13-14H2,1-2H3,(H,26,27,28)/t19-,20-/m0/s1. The Balaban J connectivity index is 1.35. The van der Waals surface area contributed by atoms with Gasteiger partial charge < -0.3 is 10.2 Å². The fraction of sp³-hybridized carbons (Fsp3) is 0.304. The number of pyridine rings is 1. The first-order chi connectivity index (χ1) is 14.6. The van der Waals surface area contributed by atoms with Crippen molar-refractivity contribution < 1.29 is 0 Å². The maximum atomic E-state index is 9.09. The molecule has 2 aliphatic heterocycles. The molecule has 5 rings (SSSR count). The summed E-state index contributed by atoms with van der Waals surface area (Å²) in [6.45, 7) is 4.41. The molecule has 4 heterocycles. The molecule has 2 atom stereocenters. The molecular formula is C23H23N7. The second-order valence-corrected chi connectivity index (χ2v) is 8.10. The SMILES string of the molecule is Cc1cc(Nc2nccc(-c3cncc(C#N)c3)n2)ccc1N1C[C@@H]2C[C@H]1CN2C. The highest BCUT2D eigenvalue weighted by molar-refractivity contribution is 5.66. The fourth-order valence-electron chi connectivity index (χ4n) is 4.57. The van der Waals surface area contributed by atoms with Crippen LogP contribution in [-0.2, 0) is 0 Å². The number of rotatable bonds is 4. The van der Waals surface area contributed by atoms with Gasteiger partial charge in [0.25, 0.3) is 0 Å². The lowest BCUT2D eigenvalue weighted by atomic mass is 10.1. The molecular weight excluding hydrogens is 374 g/mol. The summed E-state index contributed by atoms with van der Waals surface area (Å²) in [4.78, 5) is 18.1. The van der Waals surface area contributed by atoms with Crippen molar-refractivity contribution in [3.63, 3.8) is 0 Å². The molecule has 150 valence electrons. The smallest absolute Gasteiger partial charge is 0.227 e. The lowest BCUT2D eigenvalue weighted by molar-refractivity contribution is 0.292. The predicted octanol–water partition coefficient (Wildman–Crippen LogP) is 3.36. The van der Waals surface area contributed by atoms with E-state index < -0.39 is 0 Å². The van der Waals surface area contributed by atoms with Crippen LogP contribution in [-0.4, -0.2) is 52.1 Å². The molecule has 0 amide bonds. The van der Waals surface area contributed by atoms with Crippen molar-refractivity contribution in [1.82, 2.24) is 19.9 Å². The zero-order valence-corrected chi connectivity index (χ0v) is 17.1. The third-order valence-corrected chi connectivity index (χ3v) is 6.10. The van der Waals surface area contributed by atoms with E-state index in [2.05, 4.69) is 68.3 Å². The number of piperazine rings is 1. The number of likely N-dealkylation sites (tertiary alicyclic amines) is 1. The minimum absolute atomic E-state index is 0.508. The summed E-state index contributed by atoms with van der Waals surface area (Å²) in [5.74, 6) is 0.517. The lowest BCUT2D eigenvalue weighted by Crippen LogP contribution is -2.44. The van der Waals surface area contributed by atoms with Crippen LogP contribution in [0, 0.1) is 18.3 Å². The number of fused-ring (bicyclic) bond motifs is 2. The van der Waals surface area contributed by atoms with Gasteiger partial charge in [-0.05, 0) is 56.3 Å². The van der Waals surface area contributed by atoms with E-state index in [-0.39, 0.29) is 0 Å². The van der Waals surface area contributed by atoms with E-state index >= 15 is 0 Å². The monoisotopic (exact) mass is 397 g/mol. The van der Waals surface area contributed by atoms with Crippen molar-refractivity contribution in [3.8, 4) is 17.3 Å². The van der Waals surface area contributed by atoms with Crippen molar-refractivity contribution in [2.75, 3.05) is 30.4 Å².